The number of halogens is 4. The van der Waals surface area contributed by atoms with Gasteiger partial charge in [-0.05, 0) is 22.0 Å². The number of pyridine rings is 1. The second-order valence-electron chi connectivity index (χ2n) is 2.78. The number of rotatable bonds is 1. The van der Waals surface area contributed by atoms with E-state index in [0.29, 0.717) is 12.3 Å². The summed E-state index contributed by atoms with van der Waals surface area (Å²) in [5, 5.41) is -0.960. The van der Waals surface area contributed by atoms with Gasteiger partial charge in [-0.2, -0.15) is 13.2 Å². The molecule has 0 atom stereocenters. The van der Waals surface area contributed by atoms with Crippen molar-refractivity contribution in [3.05, 3.63) is 22.3 Å². The molecular weight excluding hydrogens is 299 g/mol. The van der Waals surface area contributed by atoms with E-state index in [9.17, 15) is 21.6 Å². The summed E-state index contributed by atoms with van der Waals surface area (Å²) in [6.07, 6.45) is -3.06. The van der Waals surface area contributed by atoms with Gasteiger partial charge >= 0.3 is 6.18 Å². The number of sulfone groups is 1. The van der Waals surface area contributed by atoms with Crippen molar-refractivity contribution >= 4 is 25.8 Å². The first kappa shape index (κ1) is 12.4. The minimum absolute atomic E-state index is 0.0715. The zero-order valence-corrected chi connectivity index (χ0v) is 9.74. The highest BCUT2D eigenvalue weighted by molar-refractivity contribution is 9.10. The fourth-order valence-electron chi connectivity index (χ4n) is 0.925. The van der Waals surface area contributed by atoms with Gasteiger partial charge in [0, 0.05) is 16.9 Å². The molecule has 0 N–H and O–H groups in total. The van der Waals surface area contributed by atoms with Crippen molar-refractivity contribution in [3.8, 4) is 0 Å². The van der Waals surface area contributed by atoms with Crippen molar-refractivity contribution in [2.45, 2.75) is 11.2 Å². The van der Waals surface area contributed by atoms with Crippen LogP contribution in [-0.4, -0.2) is 19.7 Å². The van der Waals surface area contributed by atoms with Crippen molar-refractivity contribution in [1.29, 1.82) is 0 Å². The number of aromatic nitrogens is 1. The lowest BCUT2D eigenvalue weighted by Gasteiger charge is -2.10. The Morgan fingerprint density at radius 1 is 1.40 bits per heavy atom. The molecule has 0 fully saturated rings. The predicted molar refractivity (Wildman–Crippen MR) is 50.0 cm³/mol. The summed E-state index contributed by atoms with van der Waals surface area (Å²) in [6, 6.07) is 0.684. The van der Waals surface area contributed by atoms with Gasteiger partial charge in [-0.25, -0.2) is 13.4 Å². The molecule has 15 heavy (non-hydrogen) atoms. The second kappa shape index (κ2) is 3.75. The van der Waals surface area contributed by atoms with Crippen molar-refractivity contribution in [3.63, 3.8) is 0 Å². The van der Waals surface area contributed by atoms with E-state index in [2.05, 4.69) is 20.9 Å². The van der Waals surface area contributed by atoms with Crippen molar-refractivity contribution in [2.24, 2.45) is 0 Å². The van der Waals surface area contributed by atoms with Gasteiger partial charge in [0.15, 0.2) is 14.9 Å². The van der Waals surface area contributed by atoms with E-state index in [-0.39, 0.29) is 4.47 Å². The Balaban J connectivity index is 3.55. The van der Waals surface area contributed by atoms with Gasteiger partial charge in [0.2, 0.25) is 0 Å². The largest absolute Gasteiger partial charge is 0.419 e. The number of alkyl halides is 3. The molecule has 84 valence electrons. The summed E-state index contributed by atoms with van der Waals surface area (Å²) in [5.41, 5.74) is -1.26. The molecule has 0 saturated heterocycles. The van der Waals surface area contributed by atoms with E-state index in [1.807, 2.05) is 0 Å². The number of hydrogen-bond acceptors (Lipinski definition) is 3. The Morgan fingerprint density at radius 3 is 2.33 bits per heavy atom. The molecule has 1 aromatic rings. The number of hydrogen-bond donors (Lipinski definition) is 0. The summed E-state index contributed by atoms with van der Waals surface area (Å²) in [6.45, 7) is 0. The van der Waals surface area contributed by atoms with Gasteiger partial charge < -0.3 is 0 Å². The van der Waals surface area contributed by atoms with E-state index in [4.69, 9.17) is 0 Å². The third kappa shape index (κ3) is 2.91. The quantitative estimate of drug-likeness (QED) is 0.799. The Kier molecular flexibility index (Phi) is 3.11. The van der Waals surface area contributed by atoms with Crippen molar-refractivity contribution in [2.75, 3.05) is 6.26 Å². The van der Waals surface area contributed by atoms with Gasteiger partial charge in [0.1, 0.15) is 0 Å². The van der Waals surface area contributed by atoms with Gasteiger partial charge in [-0.3, -0.25) is 0 Å². The van der Waals surface area contributed by atoms with Crippen molar-refractivity contribution in [1.82, 2.24) is 4.98 Å². The summed E-state index contributed by atoms with van der Waals surface area (Å²) in [5.74, 6) is 0. The lowest BCUT2D eigenvalue weighted by atomic mass is 10.3. The predicted octanol–water partition coefficient (Wildman–Crippen LogP) is 2.27. The van der Waals surface area contributed by atoms with Crippen LogP contribution >= 0.6 is 15.9 Å². The van der Waals surface area contributed by atoms with Gasteiger partial charge in [-0.15, -0.1) is 0 Å². The normalized spacial score (nSPS) is 12.9. The van der Waals surface area contributed by atoms with Crippen LogP contribution in [0, 0.1) is 0 Å². The van der Waals surface area contributed by atoms with E-state index in [0.717, 1.165) is 6.20 Å². The minimum Gasteiger partial charge on any atom is -0.243 e. The molecule has 0 aliphatic heterocycles. The van der Waals surface area contributed by atoms with Crippen LogP contribution in [0.5, 0.6) is 0 Å². The van der Waals surface area contributed by atoms with Crippen LogP contribution in [0.2, 0.25) is 0 Å². The van der Waals surface area contributed by atoms with Crippen LogP contribution in [0.4, 0.5) is 13.2 Å². The average Bonchev–Trinajstić information content (AvgIpc) is 2.00. The monoisotopic (exact) mass is 303 g/mol. The lowest BCUT2D eigenvalue weighted by molar-refractivity contribution is -0.140. The van der Waals surface area contributed by atoms with Crippen LogP contribution in [0.1, 0.15) is 5.56 Å². The average molecular weight is 304 g/mol. The minimum atomic E-state index is -4.74. The highest BCUT2D eigenvalue weighted by Gasteiger charge is 2.37. The second-order valence-corrected chi connectivity index (χ2v) is 5.62. The fraction of sp³-hybridized carbons (Fsp3) is 0.286. The van der Waals surface area contributed by atoms with Crippen LogP contribution in [0.25, 0.3) is 0 Å². The van der Waals surface area contributed by atoms with Crippen LogP contribution in [0.3, 0.4) is 0 Å². The number of nitrogens with zero attached hydrogens (tertiary/aromatic N) is 1. The maximum Gasteiger partial charge on any atom is 0.419 e. The van der Waals surface area contributed by atoms with Crippen LogP contribution in [-0.2, 0) is 16.0 Å². The molecule has 3 nitrogen and oxygen atoms in total. The molecule has 1 aromatic heterocycles. The van der Waals surface area contributed by atoms with Crippen LogP contribution < -0.4 is 0 Å². The maximum absolute atomic E-state index is 12.4. The first-order chi connectivity index (χ1) is 6.62. The molecular formula is C7H5BrF3NO2S. The summed E-state index contributed by atoms with van der Waals surface area (Å²) < 4.78 is 59.4. The Bertz CT molecular complexity index is 483. The highest BCUT2D eigenvalue weighted by Crippen LogP contribution is 2.34. The molecule has 1 rings (SSSR count). The molecule has 0 saturated carbocycles. The smallest absolute Gasteiger partial charge is 0.243 e. The summed E-state index contributed by atoms with van der Waals surface area (Å²) in [4.78, 5) is 3.26. The molecule has 0 aliphatic carbocycles. The molecule has 0 spiro atoms. The Labute approximate surface area is 92.4 Å². The molecule has 0 bridgehead atoms. The molecule has 0 aliphatic rings. The highest BCUT2D eigenvalue weighted by atomic mass is 79.9. The lowest BCUT2D eigenvalue weighted by Crippen LogP contribution is -2.14. The van der Waals surface area contributed by atoms with Gasteiger partial charge in [-0.1, -0.05) is 0 Å². The molecule has 0 amide bonds. The van der Waals surface area contributed by atoms with E-state index in [1.165, 1.54) is 0 Å². The zero-order valence-electron chi connectivity index (χ0n) is 7.34. The fourth-order valence-corrected chi connectivity index (χ4v) is 2.07. The molecule has 8 heteroatoms. The Hall–Kier alpha value is -0.630. The molecule has 0 aromatic carbocycles. The topological polar surface area (TPSA) is 47.0 Å². The third-order valence-corrected chi connectivity index (χ3v) is 2.94. The van der Waals surface area contributed by atoms with Crippen molar-refractivity contribution < 1.29 is 21.6 Å². The van der Waals surface area contributed by atoms with Gasteiger partial charge in [0.25, 0.3) is 0 Å². The first-order valence-electron chi connectivity index (χ1n) is 3.55. The first-order valence-corrected chi connectivity index (χ1v) is 6.23. The molecule has 0 unspecified atom stereocenters. The Morgan fingerprint density at radius 2 is 1.93 bits per heavy atom. The van der Waals surface area contributed by atoms with E-state index >= 15 is 0 Å². The third-order valence-electron chi connectivity index (χ3n) is 1.47. The van der Waals surface area contributed by atoms with E-state index in [1.54, 1.807) is 0 Å². The summed E-state index contributed by atoms with van der Waals surface area (Å²) >= 11 is 2.80. The zero-order chi connectivity index (χ0) is 11.9. The van der Waals surface area contributed by atoms with Gasteiger partial charge in [0.05, 0.1) is 5.56 Å². The SMILES string of the molecule is CS(=O)(=O)c1ncc(Br)cc1C(F)(F)F. The maximum atomic E-state index is 12.4. The standard InChI is InChI=1S/C7H5BrF3NO2S/c1-15(13,14)6-5(7(9,10)11)2-4(8)3-12-6/h2-3H,1H3. The molecule has 1 heterocycles. The van der Waals surface area contributed by atoms with Crippen LogP contribution in [0.15, 0.2) is 21.8 Å². The van der Waals surface area contributed by atoms with E-state index < -0.39 is 26.6 Å². The molecule has 0 radical (unpaired) electrons. The summed E-state index contributed by atoms with van der Waals surface area (Å²) in [7, 11) is -3.99.